The first-order valence-electron chi connectivity index (χ1n) is 10.1. The van der Waals surface area contributed by atoms with E-state index in [1.54, 1.807) is 0 Å². The summed E-state index contributed by atoms with van der Waals surface area (Å²) in [6.07, 6.45) is 13.4. The molecule has 0 saturated heterocycles. The predicted molar refractivity (Wildman–Crippen MR) is 101 cm³/mol. The normalized spacial score (nSPS) is 20.6. The Bertz CT molecular complexity index is 552. The largest absolute Gasteiger partial charge is 0.356 e. The van der Waals surface area contributed by atoms with Crippen molar-refractivity contribution in [3.05, 3.63) is 11.6 Å². The predicted octanol–water partition coefficient (Wildman–Crippen LogP) is 3.07. The Hall–Kier alpha value is -1.59. The van der Waals surface area contributed by atoms with E-state index in [0.717, 1.165) is 30.1 Å². The van der Waals surface area contributed by atoms with Crippen LogP contribution < -0.4 is 10.6 Å². The Morgan fingerprint density at radius 3 is 2.36 bits per heavy atom. The minimum atomic E-state index is 0.563. The lowest BCUT2D eigenvalue weighted by Gasteiger charge is -2.27. The monoisotopic (exact) mass is 346 g/mol. The lowest BCUT2D eigenvalue weighted by molar-refractivity contribution is 0.353. The van der Waals surface area contributed by atoms with Gasteiger partial charge in [-0.2, -0.15) is 0 Å². The summed E-state index contributed by atoms with van der Waals surface area (Å²) in [4.78, 5) is 4.82. The van der Waals surface area contributed by atoms with Crippen molar-refractivity contribution in [3.63, 3.8) is 0 Å². The summed E-state index contributed by atoms with van der Waals surface area (Å²) >= 11 is 0. The van der Waals surface area contributed by atoms with Gasteiger partial charge < -0.3 is 15.2 Å². The molecule has 2 fully saturated rings. The number of hydrogen-bond donors (Lipinski definition) is 2. The quantitative estimate of drug-likeness (QED) is 0.635. The van der Waals surface area contributed by atoms with Gasteiger partial charge in [0.1, 0.15) is 12.4 Å². The van der Waals surface area contributed by atoms with Crippen LogP contribution in [0.5, 0.6) is 0 Å². The highest BCUT2D eigenvalue weighted by molar-refractivity contribution is 5.80. The molecule has 2 saturated carbocycles. The van der Waals surface area contributed by atoms with E-state index in [0.29, 0.717) is 12.6 Å². The molecule has 0 atom stereocenters. The molecule has 0 amide bonds. The number of aliphatic imine (C=N–C) groups is 1. The summed E-state index contributed by atoms with van der Waals surface area (Å²) in [5, 5.41) is 15.7. The first-order chi connectivity index (χ1) is 12.2. The second-order valence-electron chi connectivity index (χ2n) is 7.75. The Labute approximate surface area is 151 Å². The van der Waals surface area contributed by atoms with Crippen molar-refractivity contribution in [2.75, 3.05) is 6.54 Å². The second kappa shape index (κ2) is 9.20. The number of hydrogen-bond acceptors (Lipinski definition) is 3. The van der Waals surface area contributed by atoms with Crippen LogP contribution in [-0.2, 0) is 13.6 Å². The van der Waals surface area contributed by atoms with Crippen molar-refractivity contribution in [2.24, 2.45) is 18.0 Å². The highest BCUT2D eigenvalue weighted by atomic mass is 15.3. The molecule has 25 heavy (non-hydrogen) atoms. The van der Waals surface area contributed by atoms with E-state index in [-0.39, 0.29) is 0 Å². The van der Waals surface area contributed by atoms with Crippen molar-refractivity contribution in [3.8, 4) is 0 Å². The Kier molecular flexibility index (Phi) is 6.70. The fraction of sp³-hybridized carbons (Fsp3) is 0.842. The molecule has 2 N–H and O–H groups in total. The van der Waals surface area contributed by atoms with Gasteiger partial charge in [-0.3, -0.25) is 0 Å². The molecule has 1 aromatic rings. The molecule has 3 rings (SSSR count). The van der Waals surface area contributed by atoms with Crippen molar-refractivity contribution in [2.45, 2.75) is 83.7 Å². The molecule has 6 nitrogen and oxygen atoms in total. The summed E-state index contributed by atoms with van der Waals surface area (Å²) in [5.41, 5.74) is 0. The molecule has 0 spiro atoms. The molecule has 1 aromatic heterocycles. The molecular formula is C19H34N6. The molecule has 1 heterocycles. The van der Waals surface area contributed by atoms with Gasteiger partial charge in [-0.1, -0.05) is 38.5 Å². The summed E-state index contributed by atoms with van der Waals surface area (Å²) < 4.78 is 2.02. The van der Waals surface area contributed by atoms with Gasteiger partial charge >= 0.3 is 0 Å². The van der Waals surface area contributed by atoms with E-state index in [9.17, 15) is 0 Å². The maximum Gasteiger partial charge on any atom is 0.191 e. The van der Waals surface area contributed by atoms with Gasteiger partial charge in [0.05, 0.1) is 0 Å². The van der Waals surface area contributed by atoms with Gasteiger partial charge in [0, 0.05) is 19.6 Å². The first-order valence-corrected chi connectivity index (χ1v) is 10.1. The zero-order valence-corrected chi connectivity index (χ0v) is 15.9. The molecule has 2 aliphatic rings. The first kappa shape index (κ1) is 18.2. The molecule has 0 bridgehead atoms. The zero-order chi connectivity index (χ0) is 17.5. The topological polar surface area (TPSA) is 67.1 Å². The summed E-state index contributed by atoms with van der Waals surface area (Å²) in [6, 6.07) is 0.563. The summed E-state index contributed by atoms with van der Waals surface area (Å²) in [5.74, 6) is 3.60. The minimum Gasteiger partial charge on any atom is -0.356 e. The van der Waals surface area contributed by atoms with E-state index in [1.807, 2.05) is 18.5 Å². The van der Waals surface area contributed by atoms with Crippen LogP contribution in [0.1, 0.15) is 75.9 Å². The molecule has 0 aliphatic heterocycles. The van der Waals surface area contributed by atoms with E-state index < -0.39 is 0 Å². The lowest BCUT2D eigenvalue weighted by Crippen LogP contribution is -2.45. The van der Waals surface area contributed by atoms with E-state index in [2.05, 4.69) is 20.8 Å². The van der Waals surface area contributed by atoms with Crippen LogP contribution in [0, 0.1) is 12.8 Å². The minimum absolute atomic E-state index is 0.563. The number of nitrogens with zero attached hydrogens (tertiary/aromatic N) is 4. The van der Waals surface area contributed by atoms with E-state index >= 15 is 0 Å². The number of guanidine groups is 1. The van der Waals surface area contributed by atoms with Gasteiger partial charge in [0.15, 0.2) is 11.8 Å². The standard InChI is InChI=1S/C19H34N6/c1-15-23-24-18(25(15)2)14-21-19(22-17-11-7-4-8-12-17)20-13-16-9-5-3-6-10-16/h16-17H,3-14H2,1-2H3,(H2,20,21,22). The fourth-order valence-corrected chi connectivity index (χ4v) is 3.96. The van der Waals surface area contributed by atoms with Crippen molar-refractivity contribution in [1.82, 2.24) is 25.4 Å². The van der Waals surface area contributed by atoms with Crippen molar-refractivity contribution in [1.29, 1.82) is 0 Å². The lowest BCUT2D eigenvalue weighted by atomic mass is 9.89. The Morgan fingerprint density at radius 1 is 1.04 bits per heavy atom. The number of nitrogens with one attached hydrogen (secondary N) is 2. The smallest absolute Gasteiger partial charge is 0.191 e. The fourth-order valence-electron chi connectivity index (χ4n) is 3.96. The van der Waals surface area contributed by atoms with Gasteiger partial charge in [0.2, 0.25) is 0 Å². The highest BCUT2D eigenvalue weighted by Gasteiger charge is 2.17. The molecular weight excluding hydrogens is 312 g/mol. The molecule has 6 heteroatoms. The van der Waals surface area contributed by atoms with Crippen LogP contribution in [0.15, 0.2) is 4.99 Å². The summed E-state index contributed by atoms with van der Waals surface area (Å²) in [6.45, 7) is 3.59. The maximum atomic E-state index is 4.82. The SMILES string of the molecule is Cc1nnc(CN=C(NCC2CCCCC2)NC2CCCCC2)n1C. The van der Waals surface area contributed by atoms with Crippen LogP contribution in [-0.4, -0.2) is 33.3 Å². The Balaban J connectivity index is 1.59. The van der Waals surface area contributed by atoms with Crippen molar-refractivity contribution >= 4 is 5.96 Å². The highest BCUT2D eigenvalue weighted by Crippen LogP contribution is 2.23. The van der Waals surface area contributed by atoms with Gasteiger partial charge in [-0.25, -0.2) is 4.99 Å². The number of rotatable bonds is 5. The van der Waals surface area contributed by atoms with Gasteiger partial charge in [-0.15, -0.1) is 10.2 Å². The van der Waals surface area contributed by atoms with Gasteiger partial charge in [-0.05, 0) is 38.5 Å². The summed E-state index contributed by atoms with van der Waals surface area (Å²) in [7, 11) is 2.00. The van der Waals surface area contributed by atoms with E-state index in [1.165, 1.54) is 64.2 Å². The number of aromatic nitrogens is 3. The second-order valence-corrected chi connectivity index (χ2v) is 7.75. The van der Waals surface area contributed by atoms with Crippen LogP contribution >= 0.6 is 0 Å². The zero-order valence-electron chi connectivity index (χ0n) is 15.9. The number of aryl methyl sites for hydroxylation is 1. The molecule has 0 unspecified atom stereocenters. The van der Waals surface area contributed by atoms with Crippen molar-refractivity contribution < 1.29 is 0 Å². The third-order valence-electron chi connectivity index (χ3n) is 5.79. The molecule has 2 aliphatic carbocycles. The van der Waals surface area contributed by atoms with Crippen LogP contribution in [0.4, 0.5) is 0 Å². The van der Waals surface area contributed by atoms with E-state index in [4.69, 9.17) is 4.99 Å². The average Bonchev–Trinajstić information content (AvgIpc) is 2.97. The van der Waals surface area contributed by atoms with Crippen LogP contribution in [0.2, 0.25) is 0 Å². The molecule has 0 aromatic carbocycles. The van der Waals surface area contributed by atoms with Gasteiger partial charge in [0.25, 0.3) is 0 Å². The van der Waals surface area contributed by atoms with Crippen LogP contribution in [0.25, 0.3) is 0 Å². The molecule has 140 valence electrons. The third-order valence-corrected chi connectivity index (χ3v) is 5.79. The third kappa shape index (κ3) is 5.44. The Morgan fingerprint density at radius 2 is 1.72 bits per heavy atom. The average molecular weight is 347 g/mol. The molecule has 0 radical (unpaired) electrons. The maximum absolute atomic E-state index is 4.82. The van der Waals surface area contributed by atoms with Crippen LogP contribution in [0.3, 0.4) is 0 Å².